The van der Waals surface area contributed by atoms with Crippen LogP contribution in [0.1, 0.15) is 20.8 Å². The summed E-state index contributed by atoms with van der Waals surface area (Å²) in [5.74, 6) is -0.329. The van der Waals surface area contributed by atoms with Crippen LogP contribution in [-0.2, 0) is 12.6 Å². The highest BCUT2D eigenvalue weighted by atomic mass is 32.1. The maximum absolute atomic E-state index is 12.9. The second-order valence-electron chi connectivity index (χ2n) is 5.17. The summed E-state index contributed by atoms with van der Waals surface area (Å²) in [6.45, 7) is 0.123. The van der Waals surface area contributed by atoms with E-state index in [-0.39, 0.29) is 24.4 Å². The summed E-state index contributed by atoms with van der Waals surface area (Å²) in [6.07, 6.45) is -2.80. The smallest absolute Gasteiger partial charge is 0.351 e. The molecule has 2 aromatic heterocycles. The van der Waals surface area contributed by atoms with Crippen molar-refractivity contribution < 1.29 is 18.0 Å². The summed E-state index contributed by atoms with van der Waals surface area (Å²) in [5, 5.41) is 5.33. The van der Waals surface area contributed by atoms with E-state index >= 15 is 0 Å². The Bertz CT molecular complexity index is 857. The molecule has 0 atom stereocenters. The van der Waals surface area contributed by atoms with E-state index in [4.69, 9.17) is 0 Å². The number of nitrogens with one attached hydrogen (secondary N) is 1. The predicted octanol–water partition coefficient (Wildman–Crippen LogP) is 4.86. The normalized spacial score (nSPS) is 11.5. The number of benzene rings is 1. The molecule has 0 spiro atoms. The number of hydrogen-bond acceptors (Lipinski definition) is 4. The second-order valence-corrected chi connectivity index (χ2v) is 7.15. The molecular weight excluding hydrogens is 369 g/mol. The van der Waals surface area contributed by atoms with Crippen LogP contribution in [0.4, 0.5) is 13.2 Å². The van der Waals surface area contributed by atoms with Crippen molar-refractivity contribution in [3.8, 4) is 9.88 Å². The summed E-state index contributed by atoms with van der Waals surface area (Å²) >= 11 is 2.79. The molecule has 3 aromatic rings. The molecule has 130 valence electrons. The predicted molar refractivity (Wildman–Crippen MR) is 92.9 cm³/mol. The molecule has 0 aliphatic rings. The molecule has 1 aromatic carbocycles. The Morgan fingerprint density at radius 2 is 1.96 bits per heavy atom. The van der Waals surface area contributed by atoms with Crippen LogP contribution in [0, 0.1) is 0 Å². The number of carbonyl (C=O) groups excluding carboxylic acids is 1. The maximum Gasteiger partial charge on any atom is 0.416 e. The van der Waals surface area contributed by atoms with Crippen molar-refractivity contribution in [3.63, 3.8) is 0 Å². The number of carbonyl (C=O) groups is 1. The molecule has 3 rings (SSSR count). The van der Waals surface area contributed by atoms with Crippen LogP contribution >= 0.6 is 22.7 Å². The van der Waals surface area contributed by atoms with Gasteiger partial charge in [0.15, 0.2) is 0 Å². The van der Waals surface area contributed by atoms with Gasteiger partial charge in [0.05, 0.1) is 16.6 Å². The molecule has 1 amide bonds. The van der Waals surface area contributed by atoms with Crippen molar-refractivity contribution in [1.29, 1.82) is 0 Å². The lowest BCUT2D eigenvalue weighted by molar-refractivity contribution is -0.138. The highest BCUT2D eigenvalue weighted by molar-refractivity contribution is 7.21. The van der Waals surface area contributed by atoms with Crippen LogP contribution in [0.5, 0.6) is 0 Å². The van der Waals surface area contributed by atoms with Crippen LogP contribution < -0.4 is 5.32 Å². The van der Waals surface area contributed by atoms with Gasteiger partial charge in [0.25, 0.3) is 5.91 Å². The summed E-state index contributed by atoms with van der Waals surface area (Å²) < 4.78 is 38.8. The quantitative estimate of drug-likeness (QED) is 0.685. The average Bonchev–Trinajstić information content (AvgIpc) is 3.25. The average molecular weight is 382 g/mol. The maximum atomic E-state index is 12.9. The van der Waals surface area contributed by atoms with Crippen LogP contribution in [0.15, 0.2) is 48.0 Å². The molecular formula is C17H13F3N2OS2. The van der Waals surface area contributed by atoms with Gasteiger partial charge in [0.1, 0.15) is 9.88 Å². The van der Waals surface area contributed by atoms with E-state index in [9.17, 15) is 18.0 Å². The van der Waals surface area contributed by atoms with Gasteiger partial charge in [0, 0.05) is 6.54 Å². The van der Waals surface area contributed by atoms with Gasteiger partial charge in [-0.05, 0) is 29.5 Å². The van der Waals surface area contributed by atoms with E-state index in [1.165, 1.54) is 41.0 Å². The Hall–Kier alpha value is -2.19. The summed E-state index contributed by atoms with van der Waals surface area (Å²) in [5.41, 5.74) is -0.499. The minimum Gasteiger partial charge on any atom is -0.351 e. The number of alkyl halides is 3. The Balaban J connectivity index is 1.61. The molecule has 0 aliphatic carbocycles. The number of nitrogens with zero attached hydrogens (tertiary/aromatic N) is 1. The molecule has 0 radical (unpaired) electrons. The van der Waals surface area contributed by atoms with Crippen LogP contribution in [0.3, 0.4) is 0 Å². The molecule has 0 unspecified atom stereocenters. The van der Waals surface area contributed by atoms with E-state index in [0.29, 0.717) is 4.88 Å². The molecule has 0 aliphatic heterocycles. The van der Waals surface area contributed by atoms with Gasteiger partial charge in [-0.2, -0.15) is 13.2 Å². The van der Waals surface area contributed by atoms with Gasteiger partial charge in [-0.3, -0.25) is 4.79 Å². The second kappa shape index (κ2) is 7.37. The van der Waals surface area contributed by atoms with Crippen molar-refractivity contribution in [2.24, 2.45) is 0 Å². The zero-order valence-corrected chi connectivity index (χ0v) is 14.5. The van der Waals surface area contributed by atoms with E-state index in [1.807, 2.05) is 17.5 Å². The van der Waals surface area contributed by atoms with Gasteiger partial charge >= 0.3 is 6.18 Å². The first-order valence-corrected chi connectivity index (χ1v) is 9.08. The molecule has 0 saturated carbocycles. The zero-order chi connectivity index (χ0) is 17.9. The monoisotopic (exact) mass is 382 g/mol. The first kappa shape index (κ1) is 17.6. The molecule has 0 fully saturated rings. The first-order chi connectivity index (χ1) is 11.9. The van der Waals surface area contributed by atoms with Gasteiger partial charge in [-0.1, -0.05) is 24.3 Å². The van der Waals surface area contributed by atoms with Gasteiger partial charge in [-0.25, -0.2) is 4.98 Å². The van der Waals surface area contributed by atoms with E-state index < -0.39 is 11.7 Å². The molecule has 0 bridgehead atoms. The standard InChI is InChI=1S/C17H13F3N2OS2/c18-17(19,20)12-5-2-1-4-11(12)7-8-21-15(23)14-10-22-16(25-14)13-6-3-9-24-13/h1-6,9-10H,7-8H2,(H,21,23). The lowest BCUT2D eigenvalue weighted by atomic mass is 10.0. The summed E-state index contributed by atoms with van der Waals surface area (Å²) in [6, 6.07) is 9.21. The minimum absolute atomic E-state index is 0.109. The van der Waals surface area contributed by atoms with Crippen molar-refractivity contribution in [1.82, 2.24) is 10.3 Å². The van der Waals surface area contributed by atoms with Gasteiger partial charge in [0.2, 0.25) is 0 Å². The highest BCUT2D eigenvalue weighted by Crippen LogP contribution is 2.32. The number of rotatable bonds is 5. The fraction of sp³-hybridized carbons (Fsp3) is 0.176. The summed E-state index contributed by atoms with van der Waals surface area (Å²) in [4.78, 5) is 17.8. The van der Waals surface area contributed by atoms with Crippen molar-refractivity contribution in [2.45, 2.75) is 12.6 Å². The van der Waals surface area contributed by atoms with Gasteiger partial charge in [-0.15, -0.1) is 22.7 Å². The lowest BCUT2D eigenvalue weighted by Gasteiger charge is -2.12. The minimum atomic E-state index is -4.39. The molecule has 2 heterocycles. The van der Waals surface area contributed by atoms with Crippen LogP contribution in [0.2, 0.25) is 0 Å². The highest BCUT2D eigenvalue weighted by Gasteiger charge is 2.32. The fourth-order valence-corrected chi connectivity index (χ4v) is 3.94. The molecule has 8 heteroatoms. The lowest BCUT2D eigenvalue weighted by Crippen LogP contribution is -2.25. The van der Waals surface area contributed by atoms with E-state index in [2.05, 4.69) is 10.3 Å². The number of amides is 1. The molecule has 0 saturated heterocycles. The third-order valence-corrected chi connectivity index (χ3v) is 5.50. The Morgan fingerprint density at radius 3 is 2.68 bits per heavy atom. The van der Waals surface area contributed by atoms with Gasteiger partial charge < -0.3 is 5.32 Å². The van der Waals surface area contributed by atoms with Crippen LogP contribution in [0.25, 0.3) is 9.88 Å². The van der Waals surface area contributed by atoms with Crippen LogP contribution in [-0.4, -0.2) is 17.4 Å². The number of thiazole rings is 1. The van der Waals surface area contributed by atoms with Crippen molar-refractivity contribution >= 4 is 28.6 Å². The Morgan fingerprint density at radius 1 is 1.16 bits per heavy atom. The van der Waals surface area contributed by atoms with Crippen molar-refractivity contribution in [3.05, 3.63) is 64.0 Å². The Labute approximate surface area is 150 Å². The topological polar surface area (TPSA) is 42.0 Å². The summed E-state index contributed by atoms with van der Waals surface area (Å²) in [7, 11) is 0. The zero-order valence-electron chi connectivity index (χ0n) is 12.8. The SMILES string of the molecule is O=C(NCCc1ccccc1C(F)(F)F)c1cnc(-c2cccs2)s1. The number of thiophene rings is 1. The molecule has 1 N–H and O–H groups in total. The van der Waals surface area contributed by atoms with Crippen molar-refractivity contribution in [2.75, 3.05) is 6.54 Å². The molecule has 25 heavy (non-hydrogen) atoms. The third-order valence-electron chi connectivity index (χ3n) is 3.46. The molecule has 3 nitrogen and oxygen atoms in total. The number of hydrogen-bond donors (Lipinski definition) is 1. The first-order valence-electron chi connectivity index (χ1n) is 7.38. The number of aromatic nitrogens is 1. The van der Waals surface area contributed by atoms with E-state index in [0.717, 1.165) is 16.0 Å². The van der Waals surface area contributed by atoms with E-state index in [1.54, 1.807) is 6.07 Å². The Kier molecular flexibility index (Phi) is 5.19. The number of halogens is 3. The largest absolute Gasteiger partial charge is 0.416 e. The third kappa shape index (κ3) is 4.26. The fourth-order valence-electron chi connectivity index (χ4n) is 2.31.